The third-order valence-electron chi connectivity index (χ3n) is 3.75. The monoisotopic (exact) mass is 302 g/mol. The van der Waals surface area contributed by atoms with Crippen molar-refractivity contribution >= 4 is 34.8 Å². The number of amides is 1. The first kappa shape index (κ1) is 16.3. The summed E-state index contributed by atoms with van der Waals surface area (Å²) in [6.07, 6.45) is 1.35. The number of carbonyl (C=O) groups excluding carboxylic acids is 1. The minimum Gasteiger partial charge on any atom is -0.329 e. The van der Waals surface area contributed by atoms with Gasteiger partial charge in [0.05, 0.1) is 21.1 Å². The van der Waals surface area contributed by atoms with Gasteiger partial charge in [0.1, 0.15) is 0 Å². The maximum absolute atomic E-state index is 12.4. The lowest BCUT2D eigenvalue weighted by molar-refractivity contribution is -0.125. The molecule has 0 aromatic heterocycles. The molecule has 0 atom stereocenters. The summed E-state index contributed by atoms with van der Waals surface area (Å²) in [5.74, 6) is -0.130. The van der Waals surface area contributed by atoms with E-state index >= 15 is 0 Å². The lowest BCUT2D eigenvalue weighted by atomic mass is 9.81. The van der Waals surface area contributed by atoms with E-state index in [0.29, 0.717) is 35.1 Å². The average molecular weight is 303 g/mol. The number of anilines is 1. The van der Waals surface area contributed by atoms with Crippen LogP contribution in [0.15, 0.2) is 12.1 Å². The Kier molecular flexibility index (Phi) is 5.65. The molecule has 0 unspecified atom stereocenters. The quantitative estimate of drug-likeness (QED) is 0.863. The number of hydrogen-bond donors (Lipinski definition) is 2. The number of aryl methyl sites for hydroxylation is 1. The van der Waals surface area contributed by atoms with Crippen LogP contribution in [0.5, 0.6) is 0 Å². The van der Waals surface area contributed by atoms with Gasteiger partial charge in [-0.1, -0.05) is 43.1 Å². The molecule has 106 valence electrons. The maximum atomic E-state index is 12.4. The Morgan fingerprint density at radius 1 is 1.32 bits per heavy atom. The van der Waals surface area contributed by atoms with Crippen molar-refractivity contribution in [1.82, 2.24) is 0 Å². The molecule has 3 nitrogen and oxygen atoms in total. The van der Waals surface area contributed by atoms with Crippen molar-refractivity contribution < 1.29 is 4.79 Å². The molecule has 1 rings (SSSR count). The van der Waals surface area contributed by atoms with E-state index in [1.807, 2.05) is 26.8 Å². The van der Waals surface area contributed by atoms with E-state index in [2.05, 4.69) is 5.32 Å². The predicted molar refractivity (Wildman–Crippen MR) is 81.9 cm³/mol. The van der Waals surface area contributed by atoms with E-state index in [9.17, 15) is 4.79 Å². The van der Waals surface area contributed by atoms with E-state index < -0.39 is 5.41 Å². The second-order valence-corrected chi connectivity index (χ2v) is 5.48. The van der Waals surface area contributed by atoms with Crippen LogP contribution in [0, 0.1) is 12.3 Å². The summed E-state index contributed by atoms with van der Waals surface area (Å²) in [6, 6.07) is 3.54. The normalized spacial score (nSPS) is 11.5. The zero-order valence-electron chi connectivity index (χ0n) is 11.5. The summed E-state index contributed by atoms with van der Waals surface area (Å²) in [5, 5.41) is 3.73. The standard InChI is InChI=1S/C14H20Cl2N2O/c1-4-14(5-2,8-17)13(19)18-12-10(15)7-6-9(3)11(12)16/h6-7H,4-5,8,17H2,1-3H3,(H,18,19). The molecule has 0 radical (unpaired) electrons. The Labute approximate surface area is 124 Å². The molecule has 5 heteroatoms. The molecule has 1 aromatic rings. The molecule has 1 amide bonds. The molecule has 0 aliphatic carbocycles. The third-order valence-corrected chi connectivity index (χ3v) is 4.55. The largest absolute Gasteiger partial charge is 0.329 e. The van der Waals surface area contributed by atoms with E-state index in [1.165, 1.54) is 0 Å². The molecule has 0 spiro atoms. The number of halogens is 2. The summed E-state index contributed by atoms with van der Waals surface area (Å²) in [5.41, 5.74) is 6.52. The van der Waals surface area contributed by atoms with Crippen molar-refractivity contribution in [2.45, 2.75) is 33.6 Å². The van der Waals surface area contributed by atoms with E-state index in [4.69, 9.17) is 28.9 Å². The summed E-state index contributed by atoms with van der Waals surface area (Å²) >= 11 is 12.3. The van der Waals surface area contributed by atoms with Gasteiger partial charge in [-0.25, -0.2) is 0 Å². The van der Waals surface area contributed by atoms with Gasteiger partial charge in [0.15, 0.2) is 0 Å². The molecule has 3 N–H and O–H groups in total. The molecule has 0 heterocycles. The van der Waals surface area contributed by atoms with Gasteiger partial charge in [-0.15, -0.1) is 0 Å². The molecule has 1 aromatic carbocycles. The van der Waals surface area contributed by atoms with Crippen molar-refractivity contribution in [3.8, 4) is 0 Å². The van der Waals surface area contributed by atoms with Crippen LogP contribution in [0.3, 0.4) is 0 Å². The highest BCUT2D eigenvalue weighted by Gasteiger charge is 2.34. The van der Waals surface area contributed by atoms with Crippen LogP contribution in [0.1, 0.15) is 32.3 Å². The van der Waals surface area contributed by atoms with Gasteiger partial charge in [-0.3, -0.25) is 4.79 Å². The van der Waals surface area contributed by atoms with Crippen LogP contribution < -0.4 is 11.1 Å². The van der Waals surface area contributed by atoms with Crippen molar-refractivity contribution in [1.29, 1.82) is 0 Å². The first-order valence-corrected chi connectivity index (χ1v) is 7.13. The molecule has 0 saturated heterocycles. The van der Waals surface area contributed by atoms with Crippen LogP contribution in [0.4, 0.5) is 5.69 Å². The van der Waals surface area contributed by atoms with Gasteiger partial charge in [0.25, 0.3) is 0 Å². The molecule has 19 heavy (non-hydrogen) atoms. The molecular formula is C14H20Cl2N2O. The van der Waals surface area contributed by atoms with Crippen LogP contribution in [-0.4, -0.2) is 12.5 Å². The fraction of sp³-hybridized carbons (Fsp3) is 0.500. The lowest BCUT2D eigenvalue weighted by Crippen LogP contribution is -2.41. The Hall–Kier alpha value is -0.770. The van der Waals surface area contributed by atoms with Gasteiger partial charge in [-0.2, -0.15) is 0 Å². The number of nitrogens with two attached hydrogens (primary N) is 1. The first-order valence-electron chi connectivity index (χ1n) is 6.38. The summed E-state index contributed by atoms with van der Waals surface area (Å²) < 4.78 is 0. The van der Waals surface area contributed by atoms with E-state index in [1.54, 1.807) is 6.07 Å². The van der Waals surface area contributed by atoms with Crippen molar-refractivity contribution in [3.05, 3.63) is 27.7 Å². The Morgan fingerprint density at radius 3 is 2.37 bits per heavy atom. The minimum absolute atomic E-state index is 0.130. The van der Waals surface area contributed by atoms with Crippen LogP contribution in [0.2, 0.25) is 10.0 Å². The van der Waals surface area contributed by atoms with Crippen LogP contribution >= 0.6 is 23.2 Å². The van der Waals surface area contributed by atoms with E-state index in [0.717, 1.165) is 5.56 Å². The Bertz CT molecular complexity index is 462. The van der Waals surface area contributed by atoms with Gasteiger partial charge in [0, 0.05) is 6.54 Å². The topological polar surface area (TPSA) is 55.1 Å². The third kappa shape index (κ3) is 3.22. The number of benzene rings is 1. The molecule has 0 fully saturated rings. The van der Waals surface area contributed by atoms with Gasteiger partial charge >= 0.3 is 0 Å². The zero-order valence-corrected chi connectivity index (χ0v) is 13.0. The fourth-order valence-corrected chi connectivity index (χ4v) is 2.43. The highest BCUT2D eigenvalue weighted by atomic mass is 35.5. The maximum Gasteiger partial charge on any atom is 0.231 e. The van der Waals surface area contributed by atoms with Crippen molar-refractivity contribution in [3.63, 3.8) is 0 Å². The molecular weight excluding hydrogens is 283 g/mol. The lowest BCUT2D eigenvalue weighted by Gasteiger charge is -2.29. The highest BCUT2D eigenvalue weighted by molar-refractivity contribution is 6.40. The van der Waals surface area contributed by atoms with Crippen molar-refractivity contribution in [2.75, 3.05) is 11.9 Å². The number of hydrogen-bond acceptors (Lipinski definition) is 2. The minimum atomic E-state index is -0.573. The molecule has 0 bridgehead atoms. The second kappa shape index (κ2) is 6.60. The van der Waals surface area contributed by atoms with Gasteiger partial charge < -0.3 is 11.1 Å². The molecule has 0 aliphatic heterocycles. The summed E-state index contributed by atoms with van der Waals surface area (Å²) in [4.78, 5) is 12.4. The average Bonchev–Trinajstić information content (AvgIpc) is 2.42. The van der Waals surface area contributed by atoms with Crippen molar-refractivity contribution in [2.24, 2.45) is 11.1 Å². The first-order chi connectivity index (χ1) is 8.91. The number of rotatable bonds is 5. The van der Waals surface area contributed by atoms with Gasteiger partial charge in [-0.05, 0) is 31.4 Å². The Balaban J connectivity index is 3.09. The summed E-state index contributed by atoms with van der Waals surface area (Å²) in [7, 11) is 0. The second-order valence-electron chi connectivity index (χ2n) is 4.70. The highest BCUT2D eigenvalue weighted by Crippen LogP contribution is 2.35. The molecule has 0 aliphatic rings. The fourth-order valence-electron chi connectivity index (χ4n) is 1.97. The Morgan fingerprint density at radius 2 is 1.89 bits per heavy atom. The predicted octanol–water partition coefficient (Wildman–Crippen LogP) is 4.01. The number of carbonyl (C=O) groups is 1. The molecule has 0 saturated carbocycles. The number of nitrogens with one attached hydrogen (secondary N) is 1. The summed E-state index contributed by atoms with van der Waals surface area (Å²) in [6.45, 7) is 6.07. The van der Waals surface area contributed by atoms with E-state index in [-0.39, 0.29) is 5.91 Å². The van der Waals surface area contributed by atoms with Gasteiger partial charge in [0.2, 0.25) is 5.91 Å². The SMILES string of the molecule is CCC(CC)(CN)C(=O)Nc1c(Cl)ccc(C)c1Cl. The smallest absolute Gasteiger partial charge is 0.231 e. The van der Waals surface area contributed by atoms with Crippen LogP contribution in [0.25, 0.3) is 0 Å². The van der Waals surface area contributed by atoms with Crippen LogP contribution in [-0.2, 0) is 4.79 Å². The zero-order chi connectivity index (χ0) is 14.6.